The Labute approximate surface area is 314 Å². The number of anilines is 1. The number of hydrogen-bond acceptors (Lipinski definition) is 8. The Kier molecular flexibility index (Phi) is 13.1. The third kappa shape index (κ3) is 7.76. The number of alkyl halides is 1. The SMILES string of the molecule is C=CCCC(=O)N[C@H](COC)[C@H](OC(=O)[C@H]1[C@@H]2O[C@@]3(CC2Br)[C@@H]1C(=O)N(CCCCO)[C@@H]3C(=O)N(CC=C)c1cc(C)ccc1C)c1ccccc1. The number of esters is 1. The minimum atomic E-state index is -1.32. The number of aliphatic hydroxyl groups is 1. The minimum Gasteiger partial charge on any atom is -0.455 e. The lowest BCUT2D eigenvalue weighted by Gasteiger charge is -2.37. The van der Waals surface area contributed by atoms with Crippen LogP contribution >= 0.6 is 15.9 Å². The van der Waals surface area contributed by atoms with Crippen molar-refractivity contribution in [2.24, 2.45) is 11.8 Å². The Hall–Kier alpha value is -3.84. The first-order chi connectivity index (χ1) is 25.0. The molecule has 0 saturated carbocycles. The van der Waals surface area contributed by atoms with Crippen LogP contribution in [0, 0.1) is 25.7 Å². The number of allylic oxidation sites excluding steroid dienone is 1. The molecule has 3 aliphatic heterocycles. The van der Waals surface area contributed by atoms with Gasteiger partial charge in [-0.15, -0.1) is 13.2 Å². The van der Waals surface area contributed by atoms with Gasteiger partial charge in [-0.2, -0.15) is 0 Å². The van der Waals surface area contributed by atoms with Crippen molar-refractivity contribution in [2.45, 2.75) is 80.7 Å². The monoisotopic (exact) mass is 779 g/mol. The number of aliphatic hydroxyl groups excluding tert-OH is 1. The quantitative estimate of drug-likeness (QED) is 0.0961. The molecule has 2 aromatic rings. The number of halogens is 1. The lowest BCUT2D eigenvalue weighted by Crippen LogP contribution is -2.57. The van der Waals surface area contributed by atoms with Gasteiger partial charge in [-0.3, -0.25) is 19.2 Å². The van der Waals surface area contributed by atoms with E-state index in [2.05, 4.69) is 34.4 Å². The fraction of sp³-hybridized carbons (Fsp3) is 0.500. The van der Waals surface area contributed by atoms with E-state index in [0.717, 1.165) is 11.1 Å². The maximum Gasteiger partial charge on any atom is 0.313 e. The van der Waals surface area contributed by atoms with Crippen molar-refractivity contribution in [2.75, 3.05) is 38.3 Å². The molecule has 3 fully saturated rings. The van der Waals surface area contributed by atoms with Crippen LogP contribution in [0.5, 0.6) is 0 Å². The molecule has 1 unspecified atom stereocenters. The van der Waals surface area contributed by atoms with Crippen LogP contribution in [0.3, 0.4) is 0 Å². The summed E-state index contributed by atoms with van der Waals surface area (Å²) in [6.07, 6.45) is 3.50. The van der Waals surface area contributed by atoms with Crippen LogP contribution in [0.2, 0.25) is 0 Å². The number of aryl methyl sites for hydroxylation is 2. The fourth-order valence-corrected chi connectivity index (χ4v) is 8.97. The topological polar surface area (TPSA) is 135 Å². The summed E-state index contributed by atoms with van der Waals surface area (Å²) in [6, 6.07) is 13.2. The summed E-state index contributed by atoms with van der Waals surface area (Å²) in [6.45, 7) is 11.9. The Bertz CT molecular complexity index is 1640. The van der Waals surface area contributed by atoms with Gasteiger partial charge in [0.2, 0.25) is 11.8 Å². The van der Waals surface area contributed by atoms with Gasteiger partial charge in [0.1, 0.15) is 17.7 Å². The molecule has 3 saturated heterocycles. The number of likely N-dealkylation sites (tertiary alicyclic amines) is 1. The zero-order valence-electron chi connectivity index (χ0n) is 30.2. The standard InChI is InChI=1S/C40H50BrN3O8/c1-6-8-16-31(46)42-29(24-50-5)34(27-14-10-9-11-15-27)51-39(49)32-33-37(47)44(20-12-13-21-45)36(40(33)23-28(41)35(32)52-40)38(48)43(19-7-2)30-22-25(3)17-18-26(30)4/h6-7,9-11,14-15,17-18,22,28-29,32-36,45H,1-2,8,12-13,16,19-21,23-24H2,3-5H3,(H,42,46)/t28?,29-,32-,33+,34-,35-,36-,40+/m1/s1. The van der Waals surface area contributed by atoms with E-state index in [1.54, 1.807) is 22.0 Å². The molecule has 5 rings (SSSR count). The van der Waals surface area contributed by atoms with Crippen LogP contribution in [-0.4, -0.2) is 95.7 Å². The van der Waals surface area contributed by atoms with Gasteiger partial charge in [0.05, 0.1) is 30.6 Å². The summed E-state index contributed by atoms with van der Waals surface area (Å²) in [7, 11) is 1.50. The first kappa shape index (κ1) is 39.4. The molecule has 2 aromatic carbocycles. The Morgan fingerprint density at radius 2 is 1.90 bits per heavy atom. The lowest BCUT2D eigenvalue weighted by atomic mass is 9.70. The van der Waals surface area contributed by atoms with E-state index >= 15 is 0 Å². The molecule has 280 valence electrons. The van der Waals surface area contributed by atoms with E-state index in [-0.39, 0.29) is 55.3 Å². The minimum absolute atomic E-state index is 0.0529. The first-order valence-corrected chi connectivity index (χ1v) is 18.8. The number of rotatable bonds is 18. The van der Waals surface area contributed by atoms with Crippen molar-refractivity contribution >= 4 is 45.3 Å². The molecule has 12 heteroatoms. The highest BCUT2D eigenvalue weighted by molar-refractivity contribution is 9.09. The van der Waals surface area contributed by atoms with Gasteiger partial charge >= 0.3 is 5.97 Å². The molecule has 0 aliphatic carbocycles. The number of fused-ring (bicyclic) bond motifs is 1. The number of ether oxygens (including phenoxy) is 3. The van der Waals surface area contributed by atoms with E-state index in [9.17, 15) is 24.3 Å². The second kappa shape index (κ2) is 17.3. The van der Waals surface area contributed by atoms with Crippen LogP contribution in [0.25, 0.3) is 0 Å². The van der Waals surface area contributed by atoms with Crippen molar-refractivity contribution in [3.8, 4) is 0 Å². The fourth-order valence-electron chi connectivity index (χ4n) is 8.03. The molecule has 52 heavy (non-hydrogen) atoms. The van der Waals surface area contributed by atoms with Gasteiger partial charge in [-0.05, 0) is 62.3 Å². The second-order valence-corrected chi connectivity index (χ2v) is 15.1. The Morgan fingerprint density at radius 1 is 1.15 bits per heavy atom. The maximum atomic E-state index is 15.0. The molecule has 2 N–H and O–H groups in total. The molecule has 2 bridgehead atoms. The predicted molar refractivity (Wildman–Crippen MR) is 201 cm³/mol. The predicted octanol–water partition coefficient (Wildman–Crippen LogP) is 4.72. The zero-order chi connectivity index (χ0) is 37.6. The van der Waals surface area contributed by atoms with Crippen LogP contribution < -0.4 is 10.2 Å². The molecule has 3 aliphatic rings. The Balaban J connectivity index is 1.53. The number of carbonyl (C=O) groups excluding carboxylic acids is 4. The summed E-state index contributed by atoms with van der Waals surface area (Å²) < 4.78 is 18.6. The highest BCUT2D eigenvalue weighted by atomic mass is 79.9. The largest absolute Gasteiger partial charge is 0.455 e. The van der Waals surface area contributed by atoms with Crippen LogP contribution in [-0.2, 0) is 33.4 Å². The number of benzene rings is 2. The third-order valence-electron chi connectivity index (χ3n) is 10.3. The summed E-state index contributed by atoms with van der Waals surface area (Å²) in [5, 5.41) is 12.6. The highest BCUT2D eigenvalue weighted by Gasteiger charge is 2.77. The van der Waals surface area contributed by atoms with E-state index < -0.39 is 47.7 Å². The summed E-state index contributed by atoms with van der Waals surface area (Å²) in [4.78, 5) is 60.0. The molecule has 3 heterocycles. The van der Waals surface area contributed by atoms with Gasteiger partial charge in [0, 0.05) is 43.7 Å². The lowest BCUT2D eigenvalue weighted by molar-refractivity contribution is -0.163. The molecular formula is C40H50BrN3O8. The van der Waals surface area contributed by atoms with Gasteiger partial charge < -0.3 is 34.4 Å². The number of nitrogens with one attached hydrogen (secondary N) is 1. The van der Waals surface area contributed by atoms with Gasteiger partial charge in [-0.1, -0.05) is 70.5 Å². The number of hydrogen-bond donors (Lipinski definition) is 2. The van der Waals surface area contributed by atoms with Gasteiger partial charge in [-0.25, -0.2) is 0 Å². The number of unbranched alkanes of at least 4 members (excludes halogenated alkanes) is 1. The van der Waals surface area contributed by atoms with Crippen LogP contribution in [0.1, 0.15) is 54.9 Å². The third-order valence-corrected chi connectivity index (χ3v) is 11.2. The van der Waals surface area contributed by atoms with Crippen molar-refractivity contribution in [3.05, 3.63) is 90.5 Å². The molecule has 3 amide bonds. The summed E-state index contributed by atoms with van der Waals surface area (Å²) >= 11 is 3.75. The van der Waals surface area contributed by atoms with Crippen LogP contribution in [0.15, 0.2) is 73.8 Å². The number of methoxy groups -OCH3 is 1. The van der Waals surface area contributed by atoms with E-state index in [0.29, 0.717) is 36.9 Å². The molecule has 1 spiro atoms. The molecule has 0 radical (unpaired) electrons. The van der Waals surface area contributed by atoms with Crippen molar-refractivity contribution in [1.82, 2.24) is 10.2 Å². The zero-order valence-corrected chi connectivity index (χ0v) is 31.8. The smallest absolute Gasteiger partial charge is 0.313 e. The average molecular weight is 781 g/mol. The van der Waals surface area contributed by atoms with E-state index in [4.69, 9.17) is 14.2 Å². The second-order valence-electron chi connectivity index (χ2n) is 13.9. The van der Waals surface area contributed by atoms with Crippen molar-refractivity contribution in [3.63, 3.8) is 0 Å². The summed E-state index contributed by atoms with van der Waals surface area (Å²) in [5.74, 6) is -3.63. The molecule has 11 nitrogen and oxygen atoms in total. The maximum absolute atomic E-state index is 15.0. The van der Waals surface area contributed by atoms with E-state index in [1.807, 2.05) is 62.4 Å². The number of carbonyl (C=O) groups is 4. The van der Waals surface area contributed by atoms with Crippen molar-refractivity contribution < 1.29 is 38.5 Å². The summed E-state index contributed by atoms with van der Waals surface area (Å²) in [5.41, 5.74) is 1.88. The molecule has 8 atom stereocenters. The van der Waals surface area contributed by atoms with Crippen molar-refractivity contribution in [1.29, 1.82) is 0 Å². The number of nitrogens with zero attached hydrogens (tertiary/aromatic N) is 2. The number of amides is 3. The van der Waals surface area contributed by atoms with Gasteiger partial charge in [0.15, 0.2) is 0 Å². The average Bonchev–Trinajstić information content (AvgIpc) is 3.72. The van der Waals surface area contributed by atoms with E-state index in [1.165, 1.54) is 7.11 Å². The molecule has 0 aromatic heterocycles. The van der Waals surface area contributed by atoms with Crippen LogP contribution in [0.4, 0.5) is 5.69 Å². The molecular weight excluding hydrogens is 730 g/mol. The normalized spacial score (nSPS) is 25.7. The Morgan fingerprint density at radius 3 is 2.58 bits per heavy atom. The van der Waals surface area contributed by atoms with Gasteiger partial charge in [0.25, 0.3) is 5.91 Å². The first-order valence-electron chi connectivity index (χ1n) is 17.9. The highest BCUT2D eigenvalue weighted by Crippen LogP contribution is 2.60.